The number of thiazole rings is 1. The average Bonchev–Trinajstić information content (AvgIpc) is 3.22. The summed E-state index contributed by atoms with van der Waals surface area (Å²) in [5.41, 5.74) is 2.91. The Morgan fingerprint density at radius 1 is 1.03 bits per heavy atom. The molecule has 10 heteroatoms. The van der Waals surface area contributed by atoms with Crippen molar-refractivity contribution in [2.45, 2.75) is 6.54 Å². The summed E-state index contributed by atoms with van der Waals surface area (Å²) in [5.74, 6) is 0.959. The van der Waals surface area contributed by atoms with Crippen LogP contribution >= 0.6 is 22.9 Å². The van der Waals surface area contributed by atoms with Gasteiger partial charge in [-0.1, -0.05) is 22.9 Å². The molecule has 0 radical (unpaired) electrons. The normalized spacial score (nSPS) is 15.1. The molecule has 1 aromatic carbocycles. The van der Waals surface area contributed by atoms with Crippen LogP contribution in [0.2, 0.25) is 5.02 Å². The predicted octanol–water partition coefficient (Wildman–Crippen LogP) is 5.08. The number of fused-ring (bicyclic) bond motifs is 1. The smallest absolute Gasteiger partial charge is 0.190 e. The monoisotopic (exact) mass is 497 g/mol. The van der Waals surface area contributed by atoms with Crippen LogP contribution in [0.15, 0.2) is 42.6 Å². The number of benzene rings is 1. The molecule has 0 spiro atoms. The fraction of sp³-hybridized carbons (Fsp3) is 0.292. The minimum Gasteiger partial charge on any atom is -0.373 e. The third-order valence-electron chi connectivity index (χ3n) is 5.91. The average molecular weight is 498 g/mol. The van der Waals surface area contributed by atoms with Gasteiger partial charge in [0.2, 0.25) is 0 Å². The van der Waals surface area contributed by atoms with Crippen LogP contribution in [-0.4, -0.2) is 65.0 Å². The van der Waals surface area contributed by atoms with E-state index in [9.17, 15) is 4.39 Å². The second-order valence-electron chi connectivity index (χ2n) is 8.36. The molecule has 7 nitrogen and oxygen atoms in total. The molecule has 2 N–H and O–H groups in total. The van der Waals surface area contributed by atoms with Crippen LogP contribution in [0, 0.1) is 5.82 Å². The third kappa shape index (κ3) is 4.97. The lowest BCUT2D eigenvalue weighted by molar-refractivity contribution is 0.148. The van der Waals surface area contributed by atoms with E-state index in [1.54, 1.807) is 25.2 Å². The highest BCUT2D eigenvalue weighted by molar-refractivity contribution is 7.21. The topological polar surface area (TPSA) is 69.2 Å². The summed E-state index contributed by atoms with van der Waals surface area (Å²) in [5, 5.41) is 7.36. The quantitative estimate of drug-likeness (QED) is 0.385. The molecule has 1 aliphatic heterocycles. The van der Waals surface area contributed by atoms with Crippen LogP contribution in [0.25, 0.3) is 21.5 Å². The van der Waals surface area contributed by atoms with Crippen molar-refractivity contribution in [3.8, 4) is 11.1 Å². The molecule has 1 saturated heterocycles. The van der Waals surface area contributed by atoms with Gasteiger partial charge in [-0.05, 0) is 49.0 Å². The Labute approximate surface area is 206 Å². The first kappa shape index (κ1) is 22.9. The molecule has 0 unspecified atom stereocenters. The number of anilines is 3. The summed E-state index contributed by atoms with van der Waals surface area (Å²) in [7, 11) is 3.94. The summed E-state index contributed by atoms with van der Waals surface area (Å²) in [4.78, 5) is 19.3. The van der Waals surface area contributed by atoms with Gasteiger partial charge in [0, 0.05) is 62.1 Å². The van der Waals surface area contributed by atoms with Crippen molar-refractivity contribution in [2.75, 3.05) is 50.9 Å². The molecule has 1 fully saturated rings. The first-order valence-corrected chi connectivity index (χ1v) is 12.3. The van der Waals surface area contributed by atoms with E-state index < -0.39 is 5.82 Å². The van der Waals surface area contributed by atoms with Crippen LogP contribution in [0.3, 0.4) is 0 Å². The zero-order valence-corrected chi connectivity index (χ0v) is 20.5. The van der Waals surface area contributed by atoms with E-state index in [4.69, 9.17) is 16.6 Å². The number of rotatable bonds is 6. The third-order valence-corrected chi connectivity index (χ3v) is 7.01. The van der Waals surface area contributed by atoms with Crippen molar-refractivity contribution in [3.63, 3.8) is 0 Å². The first-order valence-electron chi connectivity index (χ1n) is 11.1. The summed E-state index contributed by atoms with van der Waals surface area (Å²) in [6.07, 6.45) is 1.81. The van der Waals surface area contributed by atoms with Crippen molar-refractivity contribution in [3.05, 3.63) is 59.0 Å². The molecule has 1 aliphatic rings. The zero-order valence-electron chi connectivity index (χ0n) is 19.0. The highest BCUT2D eigenvalue weighted by atomic mass is 35.5. The molecule has 4 aromatic rings. The lowest BCUT2D eigenvalue weighted by Crippen LogP contribution is -2.43. The Balaban J connectivity index is 1.43. The minimum atomic E-state index is -0.400. The number of piperazine rings is 1. The van der Waals surface area contributed by atoms with Gasteiger partial charge in [-0.3, -0.25) is 4.90 Å². The molecule has 4 heterocycles. The second kappa shape index (κ2) is 9.79. The molecule has 176 valence electrons. The van der Waals surface area contributed by atoms with Crippen molar-refractivity contribution < 1.29 is 4.39 Å². The van der Waals surface area contributed by atoms with Crippen molar-refractivity contribution in [1.82, 2.24) is 24.8 Å². The van der Waals surface area contributed by atoms with Crippen LogP contribution in [-0.2, 0) is 6.54 Å². The summed E-state index contributed by atoms with van der Waals surface area (Å²) < 4.78 is 14.7. The number of halogens is 2. The van der Waals surface area contributed by atoms with Gasteiger partial charge in [0.15, 0.2) is 5.13 Å². The standard InChI is InChI=1S/C24H25ClFN7S/c1-27-20-13-18(17-4-3-16(25)12-19(17)26)22-23(29-20)34-24(31-22)30-21-11-15(5-6-28-21)14-33-9-7-32(2)8-10-33/h3-6,11-13H,7-10,14H2,1-2H3,(H,27,29)(H,28,30,31). The Morgan fingerprint density at radius 3 is 2.62 bits per heavy atom. The van der Waals surface area contributed by atoms with Gasteiger partial charge in [-0.25, -0.2) is 19.3 Å². The van der Waals surface area contributed by atoms with Crippen LogP contribution in [0.5, 0.6) is 0 Å². The van der Waals surface area contributed by atoms with Gasteiger partial charge in [0.1, 0.15) is 27.8 Å². The molecule has 0 amide bonds. The summed E-state index contributed by atoms with van der Waals surface area (Å²) >= 11 is 7.36. The lowest BCUT2D eigenvalue weighted by Gasteiger charge is -2.32. The molecule has 0 bridgehead atoms. The number of pyridine rings is 2. The number of nitrogens with zero attached hydrogens (tertiary/aromatic N) is 5. The Morgan fingerprint density at radius 2 is 1.85 bits per heavy atom. The molecule has 34 heavy (non-hydrogen) atoms. The Hall–Kier alpha value is -2.85. The van der Waals surface area contributed by atoms with Crippen LogP contribution in [0.1, 0.15) is 5.56 Å². The van der Waals surface area contributed by atoms with Crippen molar-refractivity contribution in [2.24, 2.45) is 0 Å². The first-order chi connectivity index (χ1) is 16.5. The van der Waals surface area contributed by atoms with E-state index in [-0.39, 0.29) is 0 Å². The van der Waals surface area contributed by atoms with Gasteiger partial charge >= 0.3 is 0 Å². The Bertz CT molecular complexity index is 1320. The molecule has 0 aliphatic carbocycles. The maximum atomic E-state index is 14.7. The number of nitrogens with one attached hydrogen (secondary N) is 2. The summed E-state index contributed by atoms with van der Waals surface area (Å²) in [6, 6.07) is 10.5. The predicted molar refractivity (Wildman–Crippen MR) is 138 cm³/mol. The van der Waals surface area contributed by atoms with Gasteiger partial charge in [-0.2, -0.15) is 0 Å². The molecule has 5 rings (SSSR count). The lowest BCUT2D eigenvalue weighted by atomic mass is 10.1. The number of aromatic nitrogens is 3. The van der Waals surface area contributed by atoms with Crippen molar-refractivity contribution >= 4 is 50.1 Å². The number of hydrogen-bond donors (Lipinski definition) is 2. The van der Waals surface area contributed by atoms with Gasteiger partial charge in [-0.15, -0.1) is 0 Å². The zero-order chi connectivity index (χ0) is 23.7. The highest BCUT2D eigenvalue weighted by Gasteiger charge is 2.17. The fourth-order valence-electron chi connectivity index (χ4n) is 4.02. The second-order valence-corrected chi connectivity index (χ2v) is 9.77. The number of hydrogen-bond acceptors (Lipinski definition) is 8. The van der Waals surface area contributed by atoms with E-state index >= 15 is 0 Å². The van der Waals surface area contributed by atoms with Crippen molar-refractivity contribution in [1.29, 1.82) is 0 Å². The van der Waals surface area contributed by atoms with Gasteiger partial charge in [0.25, 0.3) is 0 Å². The summed E-state index contributed by atoms with van der Waals surface area (Å²) in [6.45, 7) is 5.17. The van der Waals surface area contributed by atoms with Crippen LogP contribution in [0.4, 0.5) is 21.2 Å². The maximum absolute atomic E-state index is 14.7. The van der Waals surface area contributed by atoms with E-state index in [0.29, 0.717) is 37.4 Å². The highest BCUT2D eigenvalue weighted by Crippen LogP contribution is 2.37. The van der Waals surface area contributed by atoms with Crippen LogP contribution < -0.4 is 10.6 Å². The van der Waals surface area contributed by atoms with E-state index in [0.717, 1.165) is 38.5 Å². The van der Waals surface area contributed by atoms with Gasteiger partial charge in [0.05, 0.1) is 0 Å². The molecule has 3 aromatic heterocycles. The van der Waals surface area contributed by atoms with Gasteiger partial charge < -0.3 is 15.5 Å². The molecular formula is C24H25ClFN7S. The maximum Gasteiger partial charge on any atom is 0.190 e. The molecular weight excluding hydrogens is 473 g/mol. The van der Waals surface area contributed by atoms with E-state index in [1.807, 2.05) is 12.3 Å². The number of likely N-dealkylation sites (N-methyl/N-ethyl adjacent to an activating group) is 1. The van der Waals surface area contributed by atoms with E-state index in [1.165, 1.54) is 23.0 Å². The fourth-order valence-corrected chi connectivity index (χ4v) is 5.05. The SMILES string of the molecule is CNc1cc(-c2ccc(Cl)cc2F)c2nc(Nc3cc(CN4CCN(C)CC4)ccn3)sc2n1. The Kier molecular flexibility index (Phi) is 6.60. The molecule has 0 saturated carbocycles. The largest absolute Gasteiger partial charge is 0.373 e. The van der Waals surface area contributed by atoms with E-state index in [2.05, 4.69) is 43.5 Å². The molecule has 0 atom stereocenters. The minimum absolute atomic E-state index is 0.351.